The molecule has 0 bridgehead atoms. The smallest absolute Gasteiger partial charge is 0.281 e. The van der Waals surface area contributed by atoms with E-state index in [0.717, 1.165) is 5.69 Å². The summed E-state index contributed by atoms with van der Waals surface area (Å²) in [7, 11) is -4.04. The Balaban J connectivity index is 1.70. The number of aromatic amines is 1. The van der Waals surface area contributed by atoms with Crippen molar-refractivity contribution in [3.8, 4) is 0 Å². The molecule has 3 aromatic carbocycles. The molecule has 150 valence electrons. The first kappa shape index (κ1) is 19.3. The van der Waals surface area contributed by atoms with E-state index < -0.39 is 15.9 Å². The van der Waals surface area contributed by atoms with Crippen LogP contribution >= 0.6 is 0 Å². The van der Waals surface area contributed by atoms with Crippen molar-refractivity contribution in [2.45, 2.75) is 4.90 Å². The van der Waals surface area contributed by atoms with Crippen LogP contribution in [0.15, 0.2) is 88.9 Å². The third kappa shape index (κ3) is 3.78. The predicted octanol–water partition coefficient (Wildman–Crippen LogP) is 4.43. The molecule has 0 saturated carbocycles. The first-order valence-corrected chi connectivity index (χ1v) is 10.4. The molecule has 0 aliphatic heterocycles. The lowest BCUT2D eigenvalue weighted by molar-refractivity contribution is 0.0977. The normalized spacial score (nSPS) is 11.2. The number of anilines is 2. The molecule has 30 heavy (non-hydrogen) atoms. The molecule has 0 unspecified atom stereocenters. The molecule has 0 spiro atoms. The van der Waals surface area contributed by atoms with Gasteiger partial charge in [-0.15, -0.1) is 4.91 Å². The fraction of sp³-hybridized carbons (Fsp3) is 0. The van der Waals surface area contributed by atoms with Crippen LogP contribution in [-0.2, 0) is 10.0 Å². The summed E-state index contributed by atoms with van der Waals surface area (Å²) in [5.41, 5.74) is 1.85. The maximum Gasteiger partial charge on any atom is 0.281 e. The second-order valence-corrected chi connectivity index (χ2v) is 8.12. The van der Waals surface area contributed by atoms with Crippen molar-refractivity contribution in [2.75, 3.05) is 5.32 Å². The van der Waals surface area contributed by atoms with Crippen LogP contribution in [0.3, 0.4) is 0 Å². The van der Waals surface area contributed by atoms with Gasteiger partial charge in [-0.3, -0.25) is 4.79 Å². The van der Waals surface area contributed by atoms with E-state index in [0.29, 0.717) is 16.6 Å². The summed E-state index contributed by atoms with van der Waals surface area (Å²) in [6.45, 7) is 0. The highest BCUT2D eigenvalue weighted by molar-refractivity contribution is 7.90. The first-order chi connectivity index (χ1) is 14.5. The van der Waals surface area contributed by atoms with Crippen LogP contribution in [0.4, 0.5) is 17.1 Å². The predicted molar refractivity (Wildman–Crippen MR) is 115 cm³/mol. The van der Waals surface area contributed by atoms with Crippen LogP contribution in [0, 0.1) is 4.91 Å². The van der Waals surface area contributed by atoms with Gasteiger partial charge in [0.15, 0.2) is 0 Å². The number of sulfonamides is 1. The van der Waals surface area contributed by atoms with Crippen LogP contribution in [0.25, 0.3) is 10.9 Å². The van der Waals surface area contributed by atoms with Crippen molar-refractivity contribution in [3.63, 3.8) is 0 Å². The number of amides is 1. The zero-order chi connectivity index (χ0) is 21.1. The second kappa shape index (κ2) is 7.80. The number of benzene rings is 3. The quantitative estimate of drug-likeness (QED) is 0.399. The molecule has 0 radical (unpaired) electrons. The lowest BCUT2D eigenvalue weighted by Crippen LogP contribution is -2.30. The Labute approximate surface area is 172 Å². The molecule has 0 fully saturated rings. The van der Waals surface area contributed by atoms with E-state index in [1.165, 1.54) is 24.3 Å². The van der Waals surface area contributed by atoms with E-state index in [2.05, 4.69) is 15.5 Å². The van der Waals surface area contributed by atoms with Gasteiger partial charge in [0.1, 0.15) is 11.4 Å². The molecule has 9 heteroatoms. The Morgan fingerprint density at radius 2 is 1.57 bits per heavy atom. The standard InChI is InChI=1S/C21H16N4O4S/c26-21(25-30(28,29)15-9-5-2-6-10-15)19-13-16-17(22-14-7-3-1-4-8-14)11-12-18(24-27)20(16)23-19/h1-13,22-23H,(H,25,26). The Kier molecular flexibility index (Phi) is 5.03. The number of nitrogens with zero attached hydrogens (tertiary/aromatic N) is 1. The van der Waals surface area contributed by atoms with Crippen LogP contribution in [-0.4, -0.2) is 19.3 Å². The number of nitroso groups, excluding NO2 is 1. The summed E-state index contributed by atoms with van der Waals surface area (Å²) >= 11 is 0. The average Bonchev–Trinajstić information content (AvgIpc) is 3.21. The fourth-order valence-corrected chi connectivity index (χ4v) is 4.01. The van der Waals surface area contributed by atoms with Crippen molar-refractivity contribution in [2.24, 2.45) is 5.18 Å². The highest BCUT2D eigenvalue weighted by Gasteiger charge is 2.21. The zero-order valence-corrected chi connectivity index (χ0v) is 16.3. The maximum absolute atomic E-state index is 12.6. The molecular weight excluding hydrogens is 404 g/mol. The van der Waals surface area contributed by atoms with Gasteiger partial charge in [-0.05, 0) is 47.6 Å². The van der Waals surface area contributed by atoms with Crippen molar-refractivity contribution >= 4 is 43.9 Å². The lowest BCUT2D eigenvalue weighted by Gasteiger charge is -2.08. The SMILES string of the molecule is O=Nc1ccc(Nc2ccccc2)c2cc(C(=O)NS(=O)(=O)c3ccccc3)[nH]c12. The highest BCUT2D eigenvalue weighted by atomic mass is 32.2. The second-order valence-electron chi connectivity index (χ2n) is 6.43. The van der Waals surface area contributed by atoms with Gasteiger partial charge in [0.05, 0.1) is 10.4 Å². The first-order valence-electron chi connectivity index (χ1n) is 8.91. The molecule has 8 nitrogen and oxygen atoms in total. The molecule has 0 atom stereocenters. The van der Waals surface area contributed by atoms with Gasteiger partial charge in [0.2, 0.25) is 0 Å². The van der Waals surface area contributed by atoms with E-state index in [1.54, 1.807) is 24.3 Å². The molecule has 4 rings (SSSR count). The van der Waals surface area contributed by atoms with Gasteiger partial charge < -0.3 is 10.3 Å². The van der Waals surface area contributed by atoms with E-state index in [-0.39, 0.29) is 16.3 Å². The van der Waals surface area contributed by atoms with Gasteiger partial charge in [-0.25, -0.2) is 13.1 Å². The molecule has 1 aromatic heterocycles. The number of hydrogen-bond donors (Lipinski definition) is 3. The number of carbonyl (C=O) groups excluding carboxylic acids is 1. The lowest BCUT2D eigenvalue weighted by atomic mass is 10.1. The number of para-hydroxylation sites is 1. The Bertz CT molecular complexity index is 1330. The van der Waals surface area contributed by atoms with Crippen LogP contribution in [0.5, 0.6) is 0 Å². The van der Waals surface area contributed by atoms with Crippen molar-refractivity contribution in [1.29, 1.82) is 0 Å². The number of fused-ring (bicyclic) bond motifs is 1. The molecule has 0 saturated heterocycles. The Hall–Kier alpha value is -3.98. The van der Waals surface area contributed by atoms with Crippen LogP contribution < -0.4 is 10.0 Å². The van der Waals surface area contributed by atoms with Gasteiger partial charge in [0.25, 0.3) is 15.9 Å². The number of carbonyl (C=O) groups is 1. The topological polar surface area (TPSA) is 120 Å². The Morgan fingerprint density at radius 1 is 0.900 bits per heavy atom. The van der Waals surface area contributed by atoms with E-state index in [4.69, 9.17) is 0 Å². The van der Waals surface area contributed by atoms with Crippen molar-refractivity contribution in [3.05, 3.63) is 89.5 Å². The van der Waals surface area contributed by atoms with Crippen LogP contribution in [0.2, 0.25) is 0 Å². The van der Waals surface area contributed by atoms with Gasteiger partial charge in [-0.2, -0.15) is 0 Å². The number of nitrogens with one attached hydrogen (secondary N) is 3. The number of H-pyrrole nitrogens is 1. The fourth-order valence-electron chi connectivity index (χ4n) is 3.02. The number of rotatable bonds is 6. The minimum absolute atomic E-state index is 0.0169. The summed E-state index contributed by atoms with van der Waals surface area (Å²) in [5, 5.41) is 6.72. The molecule has 0 aliphatic carbocycles. The van der Waals surface area contributed by atoms with Crippen molar-refractivity contribution < 1.29 is 13.2 Å². The molecular formula is C21H16N4O4S. The number of aromatic nitrogens is 1. The monoisotopic (exact) mass is 420 g/mol. The largest absolute Gasteiger partial charge is 0.355 e. The Morgan fingerprint density at radius 3 is 2.23 bits per heavy atom. The van der Waals surface area contributed by atoms with Crippen LogP contribution in [0.1, 0.15) is 10.5 Å². The average molecular weight is 420 g/mol. The van der Waals surface area contributed by atoms with E-state index >= 15 is 0 Å². The molecule has 1 heterocycles. The minimum Gasteiger partial charge on any atom is -0.355 e. The van der Waals surface area contributed by atoms with E-state index in [9.17, 15) is 18.1 Å². The summed E-state index contributed by atoms with van der Waals surface area (Å²) in [6, 6.07) is 21.6. The number of hydrogen-bond acceptors (Lipinski definition) is 6. The summed E-state index contributed by atoms with van der Waals surface area (Å²) in [5.74, 6) is -0.849. The van der Waals surface area contributed by atoms with Gasteiger partial charge >= 0.3 is 0 Å². The zero-order valence-electron chi connectivity index (χ0n) is 15.5. The summed E-state index contributed by atoms with van der Waals surface area (Å²) < 4.78 is 26.9. The van der Waals surface area contributed by atoms with E-state index in [1.807, 2.05) is 35.1 Å². The van der Waals surface area contributed by atoms with Gasteiger partial charge in [-0.1, -0.05) is 36.4 Å². The summed E-state index contributed by atoms with van der Waals surface area (Å²) in [6.07, 6.45) is 0. The summed E-state index contributed by atoms with van der Waals surface area (Å²) in [4.78, 5) is 26.6. The molecule has 3 N–H and O–H groups in total. The van der Waals surface area contributed by atoms with Gasteiger partial charge in [0, 0.05) is 16.8 Å². The molecule has 4 aromatic rings. The molecule has 1 amide bonds. The maximum atomic E-state index is 12.6. The third-order valence-electron chi connectivity index (χ3n) is 4.45. The third-order valence-corrected chi connectivity index (χ3v) is 5.80. The molecule has 0 aliphatic rings. The van der Waals surface area contributed by atoms with Crippen molar-refractivity contribution in [1.82, 2.24) is 9.71 Å². The minimum atomic E-state index is -4.04. The highest BCUT2D eigenvalue weighted by Crippen LogP contribution is 2.33.